The molecule has 0 saturated heterocycles. The molecule has 1 N–H and O–H groups in total. The molecule has 1 aliphatic rings. The number of anilines is 1. The minimum Gasteiger partial charge on any atom is -0.369 e. The van der Waals surface area contributed by atoms with Crippen molar-refractivity contribution in [3.63, 3.8) is 0 Å². The summed E-state index contributed by atoms with van der Waals surface area (Å²) in [6.07, 6.45) is 2.42. The van der Waals surface area contributed by atoms with Crippen molar-refractivity contribution in [1.82, 2.24) is 10.2 Å². The van der Waals surface area contributed by atoms with E-state index in [9.17, 15) is 0 Å². The van der Waals surface area contributed by atoms with E-state index in [0.29, 0.717) is 5.92 Å². The lowest BCUT2D eigenvalue weighted by atomic mass is 9.80. The van der Waals surface area contributed by atoms with Gasteiger partial charge in [-0.15, -0.1) is 5.10 Å². The Morgan fingerprint density at radius 3 is 2.93 bits per heavy atom. The van der Waals surface area contributed by atoms with Crippen molar-refractivity contribution in [3.8, 4) is 0 Å². The van der Waals surface area contributed by atoms with Crippen LogP contribution >= 0.6 is 0 Å². The molecule has 0 saturated carbocycles. The van der Waals surface area contributed by atoms with Gasteiger partial charge >= 0.3 is 0 Å². The van der Waals surface area contributed by atoms with Crippen molar-refractivity contribution in [1.29, 1.82) is 0 Å². The van der Waals surface area contributed by atoms with Crippen LogP contribution in [0, 0.1) is 5.92 Å². The molecule has 0 fully saturated rings. The summed E-state index contributed by atoms with van der Waals surface area (Å²) in [5, 5.41) is 11.8. The zero-order valence-electron chi connectivity index (χ0n) is 9.75. The Hall–Kier alpha value is -1.12. The maximum atomic E-state index is 4.36. The monoisotopic (exact) mass is 205 g/mol. The molecule has 82 valence electrons. The van der Waals surface area contributed by atoms with E-state index in [4.69, 9.17) is 0 Å². The predicted octanol–water partition coefficient (Wildman–Crippen LogP) is 2.59. The third-order valence-electron chi connectivity index (χ3n) is 3.42. The molecule has 1 aromatic rings. The summed E-state index contributed by atoms with van der Waals surface area (Å²) in [6.45, 7) is 7.53. The molecule has 3 heteroatoms. The van der Waals surface area contributed by atoms with Crippen molar-refractivity contribution in [2.75, 3.05) is 11.9 Å². The normalized spacial score (nSPS) is 24.7. The topological polar surface area (TPSA) is 37.8 Å². The minimum atomic E-state index is 0.553. The number of fused-ring (bicyclic) bond motifs is 1. The SMILES string of the molecule is CCNc1cc2c(nn1)C(C)C(C)CC2. The molecule has 0 aromatic carbocycles. The second kappa shape index (κ2) is 4.17. The Balaban J connectivity index is 2.30. The fourth-order valence-corrected chi connectivity index (χ4v) is 2.19. The van der Waals surface area contributed by atoms with Gasteiger partial charge in [0.15, 0.2) is 0 Å². The highest BCUT2D eigenvalue weighted by Crippen LogP contribution is 2.34. The molecule has 1 aromatic heterocycles. The van der Waals surface area contributed by atoms with E-state index < -0.39 is 0 Å². The molecular formula is C12H19N3. The van der Waals surface area contributed by atoms with Crippen LogP contribution in [0.2, 0.25) is 0 Å². The number of hydrogen-bond acceptors (Lipinski definition) is 3. The maximum absolute atomic E-state index is 4.36. The number of aryl methyl sites for hydroxylation is 1. The molecule has 0 aliphatic heterocycles. The molecule has 2 rings (SSSR count). The standard InChI is InChI=1S/C12H19N3/c1-4-13-11-7-10-6-5-8(2)9(3)12(10)15-14-11/h7-9H,4-6H2,1-3H3,(H,13,14). The number of rotatable bonds is 2. The Bertz CT molecular complexity index is 349. The summed E-state index contributed by atoms with van der Waals surface area (Å²) in [5.74, 6) is 2.20. The smallest absolute Gasteiger partial charge is 0.148 e. The third kappa shape index (κ3) is 1.96. The van der Waals surface area contributed by atoms with Gasteiger partial charge in [-0.25, -0.2) is 0 Å². The zero-order valence-corrected chi connectivity index (χ0v) is 9.75. The number of aromatic nitrogens is 2. The quantitative estimate of drug-likeness (QED) is 0.806. The van der Waals surface area contributed by atoms with Crippen molar-refractivity contribution in [2.45, 2.75) is 39.5 Å². The Kier molecular flexibility index (Phi) is 2.89. The van der Waals surface area contributed by atoms with Gasteiger partial charge in [0.05, 0.1) is 5.69 Å². The van der Waals surface area contributed by atoms with Crippen molar-refractivity contribution in [2.24, 2.45) is 5.92 Å². The van der Waals surface area contributed by atoms with Crippen molar-refractivity contribution < 1.29 is 0 Å². The molecule has 0 spiro atoms. The van der Waals surface area contributed by atoms with Crippen LogP contribution in [0.25, 0.3) is 0 Å². The maximum Gasteiger partial charge on any atom is 0.148 e. The lowest BCUT2D eigenvalue weighted by Crippen LogP contribution is -2.19. The van der Waals surface area contributed by atoms with Gasteiger partial charge in [0.2, 0.25) is 0 Å². The van der Waals surface area contributed by atoms with E-state index in [1.807, 2.05) is 0 Å². The van der Waals surface area contributed by atoms with Crippen molar-refractivity contribution >= 4 is 5.82 Å². The molecule has 3 nitrogen and oxygen atoms in total. The van der Waals surface area contributed by atoms with E-state index >= 15 is 0 Å². The third-order valence-corrected chi connectivity index (χ3v) is 3.42. The van der Waals surface area contributed by atoms with Gasteiger partial charge in [-0.2, -0.15) is 5.10 Å². The Labute approximate surface area is 91.3 Å². The van der Waals surface area contributed by atoms with Crippen LogP contribution in [0.15, 0.2) is 6.07 Å². The lowest BCUT2D eigenvalue weighted by molar-refractivity contribution is 0.413. The Morgan fingerprint density at radius 1 is 1.40 bits per heavy atom. The fourth-order valence-electron chi connectivity index (χ4n) is 2.19. The van der Waals surface area contributed by atoms with E-state index in [1.165, 1.54) is 17.7 Å². The number of nitrogens with zero attached hydrogens (tertiary/aromatic N) is 2. The van der Waals surface area contributed by atoms with Gasteiger partial charge in [-0.05, 0) is 37.3 Å². The molecule has 15 heavy (non-hydrogen) atoms. The highest BCUT2D eigenvalue weighted by molar-refractivity contribution is 5.40. The van der Waals surface area contributed by atoms with Crippen LogP contribution in [0.1, 0.15) is 44.4 Å². The summed E-state index contributed by atoms with van der Waals surface area (Å²) in [5.41, 5.74) is 2.59. The summed E-state index contributed by atoms with van der Waals surface area (Å²) >= 11 is 0. The average Bonchev–Trinajstić information content (AvgIpc) is 2.24. The molecule has 2 unspecified atom stereocenters. The van der Waals surface area contributed by atoms with Crippen molar-refractivity contribution in [3.05, 3.63) is 17.3 Å². The molecule has 1 heterocycles. The lowest BCUT2D eigenvalue weighted by Gasteiger charge is -2.27. The fraction of sp³-hybridized carbons (Fsp3) is 0.667. The summed E-state index contributed by atoms with van der Waals surface area (Å²) in [4.78, 5) is 0. The van der Waals surface area contributed by atoms with Crippen LogP contribution in [-0.2, 0) is 6.42 Å². The first-order chi connectivity index (χ1) is 7.22. The van der Waals surface area contributed by atoms with Gasteiger partial charge in [0.25, 0.3) is 0 Å². The van der Waals surface area contributed by atoms with Gasteiger partial charge in [0, 0.05) is 12.5 Å². The number of nitrogens with one attached hydrogen (secondary N) is 1. The van der Waals surface area contributed by atoms with E-state index in [2.05, 4.69) is 42.4 Å². The van der Waals surface area contributed by atoms with Gasteiger partial charge in [-0.3, -0.25) is 0 Å². The summed E-state index contributed by atoms with van der Waals surface area (Å²) < 4.78 is 0. The first kappa shape index (κ1) is 10.4. The molecule has 0 bridgehead atoms. The van der Waals surface area contributed by atoms with Gasteiger partial charge < -0.3 is 5.32 Å². The highest BCUT2D eigenvalue weighted by atomic mass is 15.2. The summed E-state index contributed by atoms with van der Waals surface area (Å²) in [7, 11) is 0. The first-order valence-electron chi connectivity index (χ1n) is 5.82. The molecule has 1 aliphatic carbocycles. The summed E-state index contributed by atoms with van der Waals surface area (Å²) in [6, 6.07) is 2.16. The zero-order chi connectivity index (χ0) is 10.8. The largest absolute Gasteiger partial charge is 0.369 e. The molecule has 2 atom stereocenters. The first-order valence-corrected chi connectivity index (χ1v) is 5.82. The van der Waals surface area contributed by atoms with Gasteiger partial charge in [0.1, 0.15) is 5.82 Å². The second-order valence-electron chi connectivity index (χ2n) is 4.48. The van der Waals surface area contributed by atoms with Gasteiger partial charge in [-0.1, -0.05) is 13.8 Å². The van der Waals surface area contributed by atoms with Crippen LogP contribution in [0.4, 0.5) is 5.82 Å². The molecular weight excluding hydrogens is 186 g/mol. The van der Waals surface area contributed by atoms with E-state index in [0.717, 1.165) is 24.7 Å². The number of hydrogen-bond donors (Lipinski definition) is 1. The van der Waals surface area contributed by atoms with Crippen LogP contribution < -0.4 is 5.32 Å². The van der Waals surface area contributed by atoms with Crippen LogP contribution in [-0.4, -0.2) is 16.7 Å². The van der Waals surface area contributed by atoms with E-state index in [-0.39, 0.29) is 0 Å². The Morgan fingerprint density at radius 2 is 2.20 bits per heavy atom. The minimum absolute atomic E-state index is 0.553. The van der Waals surface area contributed by atoms with Crippen LogP contribution in [0.3, 0.4) is 0 Å². The average molecular weight is 205 g/mol. The molecule has 0 amide bonds. The highest BCUT2D eigenvalue weighted by Gasteiger charge is 2.24. The molecule has 0 radical (unpaired) electrons. The van der Waals surface area contributed by atoms with E-state index in [1.54, 1.807) is 0 Å². The second-order valence-corrected chi connectivity index (χ2v) is 4.48. The predicted molar refractivity (Wildman–Crippen MR) is 62.1 cm³/mol. The van der Waals surface area contributed by atoms with Crippen LogP contribution in [0.5, 0.6) is 0 Å².